The molecule has 0 aromatic heterocycles. The zero-order valence-electron chi connectivity index (χ0n) is 14.5. The number of amides is 1. The molecule has 23 heavy (non-hydrogen) atoms. The topological polar surface area (TPSA) is 49.8 Å². The fraction of sp³-hybridized carbons (Fsp3) is 0.632. The van der Waals surface area contributed by atoms with Gasteiger partial charge < -0.3 is 14.7 Å². The molecule has 1 heterocycles. The highest BCUT2D eigenvalue weighted by molar-refractivity contribution is 5.76. The Morgan fingerprint density at radius 1 is 1.43 bits per heavy atom. The summed E-state index contributed by atoms with van der Waals surface area (Å²) in [5.41, 5.74) is 2.36. The van der Waals surface area contributed by atoms with E-state index < -0.39 is 0 Å². The summed E-state index contributed by atoms with van der Waals surface area (Å²) in [5.74, 6) is 1.09. The lowest BCUT2D eigenvalue weighted by Crippen LogP contribution is -2.37. The van der Waals surface area contributed by atoms with E-state index >= 15 is 0 Å². The molecule has 128 valence electrons. The van der Waals surface area contributed by atoms with Gasteiger partial charge in [-0.15, -0.1) is 0 Å². The van der Waals surface area contributed by atoms with Crippen LogP contribution in [0.4, 0.5) is 0 Å². The van der Waals surface area contributed by atoms with Crippen LogP contribution in [0.15, 0.2) is 18.2 Å². The van der Waals surface area contributed by atoms with Crippen molar-refractivity contribution >= 4 is 5.91 Å². The minimum atomic E-state index is -0.346. The number of rotatable bonds is 7. The molecular formula is C19H29NO3. The van der Waals surface area contributed by atoms with E-state index in [-0.39, 0.29) is 18.1 Å². The van der Waals surface area contributed by atoms with Gasteiger partial charge in [-0.2, -0.15) is 0 Å². The second-order valence-corrected chi connectivity index (χ2v) is 6.69. The van der Waals surface area contributed by atoms with Gasteiger partial charge >= 0.3 is 0 Å². The van der Waals surface area contributed by atoms with Crippen LogP contribution in [0.2, 0.25) is 0 Å². The van der Waals surface area contributed by atoms with Gasteiger partial charge in [-0.1, -0.05) is 17.7 Å². The largest absolute Gasteiger partial charge is 0.493 e. The lowest BCUT2D eigenvalue weighted by molar-refractivity contribution is -0.132. The summed E-state index contributed by atoms with van der Waals surface area (Å²) in [6.45, 7) is 7.28. The Morgan fingerprint density at radius 3 is 2.91 bits per heavy atom. The smallest absolute Gasteiger partial charge is 0.222 e. The Balaban J connectivity index is 1.74. The molecule has 1 aliphatic rings. The number of aliphatic hydroxyl groups excluding tert-OH is 1. The Kier molecular flexibility index (Phi) is 6.46. The van der Waals surface area contributed by atoms with E-state index in [0.29, 0.717) is 19.4 Å². The van der Waals surface area contributed by atoms with Crippen LogP contribution in [0.25, 0.3) is 0 Å². The number of ether oxygens (including phenoxy) is 1. The number of benzene rings is 1. The zero-order chi connectivity index (χ0) is 16.8. The molecular weight excluding hydrogens is 290 g/mol. The van der Waals surface area contributed by atoms with Gasteiger partial charge in [0, 0.05) is 19.0 Å². The van der Waals surface area contributed by atoms with Crippen molar-refractivity contribution in [2.75, 3.05) is 13.2 Å². The molecule has 4 nitrogen and oxygen atoms in total. The lowest BCUT2D eigenvalue weighted by atomic mass is 10.1. The van der Waals surface area contributed by atoms with Crippen molar-refractivity contribution in [2.45, 2.75) is 65.0 Å². The first-order valence-corrected chi connectivity index (χ1v) is 8.65. The van der Waals surface area contributed by atoms with Gasteiger partial charge in [0.25, 0.3) is 0 Å². The average Bonchev–Trinajstić information content (AvgIpc) is 2.92. The molecule has 1 aromatic rings. The summed E-state index contributed by atoms with van der Waals surface area (Å²) in [6.07, 6.45) is 3.63. The normalized spacial score (nSPS) is 19.0. The van der Waals surface area contributed by atoms with Crippen molar-refractivity contribution in [1.29, 1.82) is 0 Å². The third kappa shape index (κ3) is 5.24. The van der Waals surface area contributed by atoms with Crippen LogP contribution < -0.4 is 4.74 Å². The Hall–Kier alpha value is -1.55. The molecule has 0 spiro atoms. The highest BCUT2D eigenvalue weighted by Gasteiger charge is 2.28. The quantitative estimate of drug-likeness (QED) is 0.785. The Bertz CT molecular complexity index is 527. The number of carbonyl (C=O) groups is 1. The van der Waals surface area contributed by atoms with Crippen LogP contribution in [0, 0.1) is 13.8 Å². The average molecular weight is 319 g/mol. The molecule has 2 atom stereocenters. The summed E-state index contributed by atoms with van der Waals surface area (Å²) < 4.78 is 5.79. The molecule has 0 radical (unpaired) electrons. The van der Waals surface area contributed by atoms with Crippen molar-refractivity contribution in [3.63, 3.8) is 0 Å². The molecule has 1 aromatic carbocycles. The monoisotopic (exact) mass is 319 g/mol. The van der Waals surface area contributed by atoms with E-state index in [9.17, 15) is 9.90 Å². The fourth-order valence-electron chi connectivity index (χ4n) is 3.31. The van der Waals surface area contributed by atoms with Gasteiger partial charge in [0.05, 0.1) is 12.7 Å². The van der Waals surface area contributed by atoms with Crippen LogP contribution in [0.3, 0.4) is 0 Å². The first kappa shape index (κ1) is 17.8. The molecule has 2 unspecified atom stereocenters. The van der Waals surface area contributed by atoms with Gasteiger partial charge in [-0.25, -0.2) is 0 Å². The van der Waals surface area contributed by atoms with Crippen molar-refractivity contribution in [1.82, 2.24) is 4.90 Å². The maximum atomic E-state index is 12.3. The third-order valence-corrected chi connectivity index (χ3v) is 4.43. The van der Waals surface area contributed by atoms with E-state index in [0.717, 1.165) is 37.1 Å². The minimum absolute atomic E-state index is 0.192. The SMILES string of the molecule is Cc1ccc(OCCCC(=O)N2CCCC2CC(C)O)c(C)c1. The van der Waals surface area contributed by atoms with Crippen LogP contribution in [-0.2, 0) is 4.79 Å². The third-order valence-electron chi connectivity index (χ3n) is 4.43. The van der Waals surface area contributed by atoms with Crippen molar-refractivity contribution in [2.24, 2.45) is 0 Å². The first-order valence-electron chi connectivity index (χ1n) is 8.65. The number of hydrogen-bond donors (Lipinski definition) is 1. The molecule has 2 rings (SSSR count). The van der Waals surface area contributed by atoms with Gasteiger partial charge in [-0.05, 0) is 58.1 Å². The maximum absolute atomic E-state index is 12.3. The summed E-state index contributed by atoms with van der Waals surface area (Å²) in [6, 6.07) is 6.35. The van der Waals surface area contributed by atoms with Crippen LogP contribution in [0.1, 0.15) is 50.2 Å². The van der Waals surface area contributed by atoms with E-state index in [2.05, 4.69) is 13.0 Å². The molecule has 1 aliphatic heterocycles. The highest BCUT2D eigenvalue weighted by Crippen LogP contribution is 2.23. The summed E-state index contributed by atoms with van der Waals surface area (Å²) in [4.78, 5) is 14.3. The number of aryl methyl sites for hydroxylation is 2. The van der Waals surface area contributed by atoms with Gasteiger partial charge in [0.1, 0.15) is 5.75 Å². The zero-order valence-corrected chi connectivity index (χ0v) is 14.5. The van der Waals surface area contributed by atoms with Gasteiger partial charge in [-0.3, -0.25) is 4.79 Å². The molecule has 1 saturated heterocycles. The van der Waals surface area contributed by atoms with Gasteiger partial charge in [0.2, 0.25) is 5.91 Å². The molecule has 1 fully saturated rings. The minimum Gasteiger partial charge on any atom is -0.493 e. The molecule has 0 bridgehead atoms. The van der Waals surface area contributed by atoms with Crippen LogP contribution >= 0.6 is 0 Å². The number of likely N-dealkylation sites (tertiary alicyclic amines) is 1. The summed E-state index contributed by atoms with van der Waals surface area (Å²) in [5, 5.41) is 9.54. The highest BCUT2D eigenvalue weighted by atomic mass is 16.5. The predicted molar refractivity (Wildman–Crippen MR) is 91.7 cm³/mol. The molecule has 4 heteroatoms. The van der Waals surface area contributed by atoms with Crippen molar-refractivity contribution < 1.29 is 14.6 Å². The number of nitrogens with zero attached hydrogens (tertiary/aromatic N) is 1. The summed E-state index contributed by atoms with van der Waals surface area (Å²) in [7, 11) is 0. The van der Waals surface area contributed by atoms with Gasteiger partial charge in [0.15, 0.2) is 0 Å². The lowest BCUT2D eigenvalue weighted by Gasteiger charge is -2.25. The standard InChI is InChI=1S/C19H29NO3/c1-14-8-9-18(15(2)12-14)23-11-5-7-19(22)20-10-4-6-17(20)13-16(3)21/h8-9,12,16-17,21H,4-7,10-11,13H2,1-3H3. The number of hydrogen-bond acceptors (Lipinski definition) is 3. The first-order chi connectivity index (χ1) is 11.0. The van der Waals surface area contributed by atoms with Crippen LogP contribution in [0.5, 0.6) is 5.75 Å². The maximum Gasteiger partial charge on any atom is 0.222 e. The fourth-order valence-corrected chi connectivity index (χ4v) is 3.31. The van der Waals surface area contributed by atoms with Crippen molar-refractivity contribution in [3.8, 4) is 5.75 Å². The molecule has 0 saturated carbocycles. The van der Waals surface area contributed by atoms with Crippen LogP contribution in [-0.4, -0.2) is 41.2 Å². The van der Waals surface area contributed by atoms with E-state index in [1.807, 2.05) is 24.0 Å². The molecule has 1 N–H and O–H groups in total. The second-order valence-electron chi connectivity index (χ2n) is 6.69. The van der Waals surface area contributed by atoms with E-state index in [4.69, 9.17) is 4.74 Å². The number of aliphatic hydroxyl groups is 1. The summed E-state index contributed by atoms with van der Waals surface area (Å²) >= 11 is 0. The predicted octanol–water partition coefficient (Wildman–Crippen LogP) is 3.22. The molecule has 0 aliphatic carbocycles. The molecule has 1 amide bonds. The second kappa shape index (κ2) is 8.34. The number of carbonyl (C=O) groups excluding carboxylic acids is 1. The Labute approximate surface area is 139 Å². The van der Waals surface area contributed by atoms with E-state index in [1.54, 1.807) is 6.92 Å². The van der Waals surface area contributed by atoms with Crippen molar-refractivity contribution in [3.05, 3.63) is 29.3 Å². The Morgan fingerprint density at radius 2 is 2.22 bits per heavy atom. The van der Waals surface area contributed by atoms with E-state index in [1.165, 1.54) is 5.56 Å².